The van der Waals surface area contributed by atoms with Crippen molar-refractivity contribution < 1.29 is 4.79 Å². The highest BCUT2D eigenvalue weighted by molar-refractivity contribution is 5.98. The minimum atomic E-state index is 0.00474. The van der Waals surface area contributed by atoms with Crippen LogP contribution in [0.3, 0.4) is 0 Å². The molecule has 0 N–H and O–H groups in total. The largest absolute Gasteiger partial charge is 0.294 e. The molecule has 5 nitrogen and oxygen atoms in total. The molecule has 128 valence electrons. The van der Waals surface area contributed by atoms with Crippen LogP contribution in [0.25, 0.3) is 16.7 Å². The SMILES string of the molecule is Cc1cccnc1-n1ncc(C(=O)Cc2ccc3ccccc3n2)c1C. The lowest BCUT2D eigenvalue weighted by molar-refractivity contribution is 0.0991. The van der Waals surface area contributed by atoms with Crippen molar-refractivity contribution in [1.82, 2.24) is 19.7 Å². The number of hydrogen-bond acceptors (Lipinski definition) is 4. The summed E-state index contributed by atoms with van der Waals surface area (Å²) in [5.41, 5.74) is 4.06. The summed E-state index contributed by atoms with van der Waals surface area (Å²) in [7, 11) is 0. The van der Waals surface area contributed by atoms with Crippen LogP contribution in [0.15, 0.2) is 60.9 Å². The number of aromatic nitrogens is 4. The van der Waals surface area contributed by atoms with Crippen molar-refractivity contribution in [2.24, 2.45) is 0 Å². The molecule has 0 saturated heterocycles. The number of carbonyl (C=O) groups is 1. The Morgan fingerprint density at radius 3 is 2.73 bits per heavy atom. The monoisotopic (exact) mass is 342 g/mol. The first-order valence-electron chi connectivity index (χ1n) is 8.48. The van der Waals surface area contributed by atoms with Crippen LogP contribution in [0.4, 0.5) is 0 Å². The van der Waals surface area contributed by atoms with Gasteiger partial charge in [0.05, 0.1) is 29.4 Å². The highest BCUT2D eigenvalue weighted by atomic mass is 16.1. The Bertz CT molecular complexity index is 1110. The maximum atomic E-state index is 12.8. The molecule has 1 aromatic carbocycles. The van der Waals surface area contributed by atoms with E-state index in [1.165, 1.54) is 0 Å². The normalized spacial score (nSPS) is 11.0. The standard InChI is InChI=1S/C21H18N4O/c1-14-6-5-11-22-21(14)25-15(2)18(13-23-25)20(26)12-17-10-9-16-7-3-4-8-19(16)24-17/h3-11,13H,12H2,1-2H3. The maximum absolute atomic E-state index is 12.8. The summed E-state index contributed by atoms with van der Waals surface area (Å²) in [4.78, 5) is 21.8. The van der Waals surface area contributed by atoms with E-state index in [9.17, 15) is 4.79 Å². The second-order valence-corrected chi connectivity index (χ2v) is 6.29. The summed E-state index contributed by atoms with van der Waals surface area (Å²) in [6.07, 6.45) is 3.59. The van der Waals surface area contributed by atoms with Crippen LogP contribution < -0.4 is 0 Å². The quantitative estimate of drug-likeness (QED) is 0.528. The number of ketones is 1. The van der Waals surface area contributed by atoms with Crippen molar-refractivity contribution in [2.45, 2.75) is 20.3 Å². The molecule has 0 aliphatic carbocycles. The Labute approximate surface area is 151 Å². The van der Waals surface area contributed by atoms with E-state index in [0.29, 0.717) is 5.56 Å². The molecule has 0 saturated carbocycles. The van der Waals surface area contributed by atoms with Gasteiger partial charge in [-0.1, -0.05) is 30.3 Å². The highest BCUT2D eigenvalue weighted by Gasteiger charge is 2.17. The van der Waals surface area contributed by atoms with Gasteiger partial charge in [0.25, 0.3) is 0 Å². The number of hydrogen-bond donors (Lipinski definition) is 0. The van der Waals surface area contributed by atoms with Crippen LogP contribution in [0.1, 0.15) is 27.3 Å². The molecule has 4 rings (SSSR count). The zero-order valence-electron chi connectivity index (χ0n) is 14.7. The van der Waals surface area contributed by atoms with Gasteiger partial charge in [-0.3, -0.25) is 9.78 Å². The molecule has 0 unspecified atom stereocenters. The number of nitrogens with zero attached hydrogens (tertiary/aromatic N) is 4. The first-order chi connectivity index (χ1) is 12.6. The van der Waals surface area contributed by atoms with E-state index in [-0.39, 0.29) is 12.2 Å². The van der Waals surface area contributed by atoms with E-state index in [1.54, 1.807) is 17.1 Å². The van der Waals surface area contributed by atoms with Crippen LogP contribution in [-0.2, 0) is 6.42 Å². The van der Waals surface area contributed by atoms with Gasteiger partial charge >= 0.3 is 0 Å². The molecule has 3 heterocycles. The molecule has 0 bridgehead atoms. The second kappa shape index (κ2) is 6.52. The van der Waals surface area contributed by atoms with Crippen LogP contribution in [0.5, 0.6) is 0 Å². The topological polar surface area (TPSA) is 60.7 Å². The summed E-state index contributed by atoms with van der Waals surface area (Å²) < 4.78 is 1.72. The third-order valence-corrected chi connectivity index (χ3v) is 4.49. The van der Waals surface area contributed by atoms with Crippen LogP contribution in [0.2, 0.25) is 0 Å². The van der Waals surface area contributed by atoms with Gasteiger partial charge in [-0.05, 0) is 37.6 Å². The van der Waals surface area contributed by atoms with Gasteiger partial charge in [0, 0.05) is 17.3 Å². The van der Waals surface area contributed by atoms with E-state index in [2.05, 4.69) is 15.1 Å². The number of fused-ring (bicyclic) bond motifs is 1. The fourth-order valence-corrected chi connectivity index (χ4v) is 3.06. The van der Waals surface area contributed by atoms with Gasteiger partial charge in [0.1, 0.15) is 0 Å². The molecule has 0 atom stereocenters. The van der Waals surface area contributed by atoms with Crippen LogP contribution in [0, 0.1) is 13.8 Å². The molecule has 3 aromatic heterocycles. The maximum Gasteiger partial charge on any atom is 0.172 e. The predicted octanol–water partition coefficient (Wildman–Crippen LogP) is 3.86. The van der Waals surface area contributed by atoms with Crippen LogP contribution >= 0.6 is 0 Å². The van der Waals surface area contributed by atoms with Gasteiger partial charge < -0.3 is 0 Å². The number of benzene rings is 1. The lowest BCUT2D eigenvalue weighted by Gasteiger charge is -2.07. The third kappa shape index (κ3) is 2.88. The Hall–Kier alpha value is -3.34. The molecular formula is C21H18N4O. The van der Waals surface area contributed by atoms with E-state index < -0.39 is 0 Å². The van der Waals surface area contributed by atoms with Gasteiger partial charge in [0.2, 0.25) is 0 Å². The van der Waals surface area contributed by atoms with Crippen molar-refractivity contribution in [1.29, 1.82) is 0 Å². The van der Waals surface area contributed by atoms with Gasteiger partial charge in [-0.25, -0.2) is 9.67 Å². The fourth-order valence-electron chi connectivity index (χ4n) is 3.06. The number of rotatable bonds is 4. The molecule has 0 fully saturated rings. The third-order valence-electron chi connectivity index (χ3n) is 4.49. The molecule has 0 radical (unpaired) electrons. The van der Waals surface area contributed by atoms with Gasteiger partial charge in [-0.2, -0.15) is 5.10 Å². The van der Waals surface area contributed by atoms with Gasteiger partial charge in [0.15, 0.2) is 11.6 Å². The fraction of sp³-hybridized carbons (Fsp3) is 0.143. The first kappa shape index (κ1) is 16.1. The minimum Gasteiger partial charge on any atom is -0.294 e. The molecular weight excluding hydrogens is 324 g/mol. The molecule has 0 amide bonds. The first-order valence-corrected chi connectivity index (χ1v) is 8.48. The summed E-state index contributed by atoms with van der Waals surface area (Å²) in [6.45, 7) is 3.87. The van der Waals surface area contributed by atoms with Crippen molar-refractivity contribution in [3.8, 4) is 5.82 Å². The summed E-state index contributed by atoms with van der Waals surface area (Å²) in [5.74, 6) is 0.748. The van der Waals surface area contributed by atoms with E-state index in [4.69, 9.17) is 0 Å². The zero-order valence-corrected chi connectivity index (χ0v) is 14.7. The van der Waals surface area contributed by atoms with E-state index >= 15 is 0 Å². The average Bonchev–Trinajstić information content (AvgIpc) is 3.03. The lowest BCUT2D eigenvalue weighted by atomic mass is 10.1. The predicted molar refractivity (Wildman–Crippen MR) is 101 cm³/mol. The number of pyridine rings is 2. The minimum absolute atomic E-state index is 0.00474. The highest BCUT2D eigenvalue weighted by Crippen LogP contribution is 2.18. The average molecular weight is 342 g/mol. The molecule has 0 spiro atoms. The Kier molecular flexibility index (Phi) is 4.05. The van der Waals surface area contributed by atoms with Crippen molar-refractivity contribution in [3.63, 3.8) is 0 Å². The molecule has 0 aliphatic rings. The van der Waals surface area contributed by atoms with Gasteiger partial charge in [-0.15, -0.1) is 0 Å². The van der Waals surface area contributed by atoms with E-state index in [0.717, 1.165) is 33.7 Å². The molecule has 0 aliphatic heterocycles. The van der Waals surface area contributed by atoms with Crippen molar-refractivity contribution in [2.75, 3.05) is 0 Å². The number of Topliss-reactive ketones (excluding diaryl/α,β-unsaturated/α-hetero) is 1. The van der Waals surface area contributed by atoms with Crippen molar-refractivity contribution >= 4 is 16.7 Å². The molecule has 5 heteroatoms. The Morgan fingerprint density at radius 1 is 1.04 bits per heavy atom. The Balaban J connectivity index is 1.63. The molecule has 4 aromatic rings. The van der Waals surface area contributed by atoms with Crippen molar-refractivity contribution in [3.05, 3.63) is 83.4 Å². The zero-order chi connectivity index (χ0) is 18.1. The second-order valence-electron chi connectivity index (χ2n) is 6.29. The number of aryl methyl sites for hydroxylation is 1. The lowest BCUT2D eigenvalue weighted by Crippen LogP contribution is -2.08. The molecule has 26 heavy (non-hydrogen) atoms. The van der Waals surface area contributed by atoms with Crippen LogP contribution in [-0.4, -0.2) is 25.5 Å². The number of carbonyl (C=O) groups excluding carboxylic acids is 1. The summed E-state index contributed by atoms with van der Waals surface area (Å²) in [6, 6.07) is 15.7. The summed E-state index contributed by atoms with van der Waals surface area (Å²) in [5, 5.41) is 5.44. The number of para-hydroxylation sites is 1. The van der Waals surface area contributed by atoms with E-state index in [1.807, 2.05) is 62.4 Å². The summed E-state index contributed by atoms with van der Waals surface area (Å²) >= 11 is 0. The smallest absolute Gasteiger partial charge is 0.172 e. The Morgan fingerprint density at radius 2 is 1.88 bits per heavy atom.